The van der Waals surface area contributed by atoms with Gasteiger partial charge in [-0.25, -0.2) is 8.42 Å². The summed E-state index contributed by atoms with van der Waals surface area (Å²) in [4.78, 5) is 11.6. The second kappa shape index (κ2) is 6.59. The summed E-state index contributed by atoms with van der Waals surface area (Å²) in [5.74, 6) is 0.328. The zero-order chi connectivity index (χ0) is 15.3. The number of nitrogens with zero attached hydrogens (tertiary/aromatic N) is 1. The summed E-state index contributed by atoms with van der Waals surface area (Å²) in [5.41, 5.74) is 0.512. The van der Waals surface area contributed by atoms with E-state index in [0.29, 0.717) is 24.2 Å². The van der Waals surface area contributed by atoms with Crippen molar-refractivity contribution in [3.05, 3.63) is 29.8 Å². The van der Waals surface area contributed by atoms with E-state index >= 15 is 0 Å². The van der Waals surface area contributed by atoms with Crippen molar-refractivity contribution in [3.63, 3.8) is 0 Å². The molecule has 1 fully saturated rings. The van der Waals surface area contributed by atoms with Crippen LogP contribution in [0.25, 0.3) is 0 Å². The third kappa shape index (κ3) is 4.20. The number of benzene rings is 1. The molecule has 1 amide bonds. The molecule has 1 aromatic rings. The topological polar surface area (TPSA) is 96.3 Å². The van der Waals surface area contributed by atoms with Gasteiger partial charge in [0, 0.05) is 6.54 Å². The fourth-order valence-corrected chi connectivity index (χ4v) is 3.91. The van der Waals surface area contributed by atoms with Gasteiger partial charge in [-0.1, -0.05) is 0 Å². The van der Waals surface area contributed by atoms with Crippen LogP contribution in [-0.4, -0.2) is 38.5 Å². The highest BCUT2D eigenvalue weighted by molar-refractivity contribution is 7.92. The van der Waals surface area contributed by atoms with Crippen LogP contribution < -0.4 is 10.1 Å². The number of ether oxygens (including phenoxy) is 1. The summed E-state index contributed by atoms with van der Waals surface area (Å²) >= 11 is 0. The SMILES string of the molecule is N#Cc1ccc(OCC(=O)NCC2CCCS2(=O)=O)cc1. The monoisotopic (exact) mass is 308 g/mol. The fourth-order valence-electron chi connectivity index (χ4n) is 2.14. The molecule has 112 valence electrons. The Balaban J connectivity index is 1.76. The van der Waals surface area contributed by atoms with Crippen LogP contribution in [0.15, 0.2) is 24.3 Å². The van der Waals surface area contributed by atoms with Gasteiger partial charge in [-0.2, -0.15) is 5.26 Å². The first-order valence-electron chi connectivity index (χ1n) is 6.62. The van der Waals surface area contributed by atoms with Gasteiger partial charge in [-0.3, -0.25) is 4.79 Å². The number of nitriles is 1. The normalized spacial score (nSPS) is 19.7. The van der Waals surface area contributed by atoms with E-state index in [4.69, 9.17) is 10.00 Å². The number of sulfone groups is 1. The maximum atomic E-state index is 11.6. The molecule has 0 radical (unpaired) electrons. The van der Waals surface area contributed by atoms with Crippen LogP contribution in [0.5, 0.6) is 5.75 Å². The molecular formula is C14H16N2O4S. The first kappa shape index (κ1) is 15.3. The zero-order valence-electron chi connectivity index (χ0n) is 11.4. The Bertz CT molecular complexity index is 647. The van der Waals surface area contributed by atoms with Gasteiger partial charge in [0.1, 0.15) is 5.75 Å². The molecule has 1 aromatic carbocycles. The van der Waals surface area contributed by atoms with Crippen LogP contribution in [0.2, 0.25) is 0 Å². The van der Waals surface area contributed by atoms with Crippen molar-refractivity contribution in [3.8, 4) is 11.8 Å². The molecule has 0 aliphatic carbocycles. The number of carbonyl (C=O) groups is 1. The maximum Gasteiger partial charge on any atom is 0.257 e. The highest BCUT2D eigenvalue weighted by Crippen LogP contribution is 2.19. The summed E-state index contributed by atoms with van der Waals surface area (Å²) in [5, 5.41) is 10.8. The third-order valence-corrected chi connectivity index (χ3v) is 5.62. The largest absolute Gasteiger partial charge is 0.484 e. The van der Waals surface area contributed by atoms with Crippen LogP contribution >= 0.6 is 0 Å². The maximum absolute atomic E-state index is 11.6. The van der Waals surface area contributed by atoms with Crippen molar-refractivity contribution in [2.24, 2.45) is 0 Å². The zero-order valence-corrected chi connectivity index (χ0v) is 12.2. The molecule has 1 atom stereocenters. The highest BCUT2D eigenvalue weighted by atomic mass is 32.2. The molecule has 0 spiro atoms. The molecule has 0 aromatic heterocycles. The molecular weight excluding hydrogens is 292 g/mol. The number of hydrogen-bond donors (Lipinski definition) is 1. The van der Waals surface area contributed by atoms with Gasteiger partial charge in [0.15, 0.2) is 16.4 Å². The van der Waals surface area contributed by atoms with Gasteiger partial charge in [-0.05, 0) is 37.1 Å². The van der Waals surface area contributed by atoms with E-state index in [-0.39, 0.29) is 24.8 Å². The smallest absolute Gasteiger partial charge is 0.257 e. The van der Waals surface area contributed by atoms with E-state index in [1.165, 1.54) is 0 Å². The second-order valence-electron chi connectivity index (χ2n) is 4.86. The Morgan fingerprint density at radius 2 is 2.10 bits per heavy atom. The molecule has 1 aliphatic rings. The summed E-state index contributed by atoms with van der Waals surface area (Å²) in [6, 6.07) is 8.39. The molecule has 1 unspecified atom stereocenters. The molecule has 1 saturated heterocycles. The Morgan fingerprint density at radius 3 is 2.67 bits per heavy atom. The third-order valence-electron chi connectivity index (χ3n) is 3.34. The fraction of sp³-hybridized carbons (Fsp3) is 0.429. The number of rotatable bonds is 5. The molecule has 21 heavy (non-hydrogen) atoms. The Kier molecular flexibility index (Phi) is 4.81. The first-order chi connectivity index (χ1) is 10.0. The van der Waals surface area contributed by atoms with E-state index in [9.17, 15) is 13.2 Å². The number of nitrogens with one attached hydrogen (secondary N) is 1. The van der Waals surface area contributed by atoms with E-state index in [0.717, 1.165) is 0 Å². The molecule has 7 heteroatoms. The van der Waals surface area contributed by atoms with Crippen LogP contribution in [-0.2, 0) is 14.6 Å². The standard InChI is InChI=1S/C14H16N2O4S/c15-8-11-3-5-12(6-4-11)20-10-14(17)16-9-13-2-1-7-21(13,18)19/h3-6,13H,1-2,7,9-10H2,(H,16,17). The Hall–Kier alpha value is -2.07. The predicted molar refractivity (Wildman–Crippen MR) is 76.5 cm³/mol. The van der Waals surface area contributed by atoms with E-state index in [1.807, 2.05) is 6.07 Å². The first-order valence-corrected chi connectivity index (χ1v) is 8.34. The molecule has 6 nitrogen and oxygen atoms in total. The lowest BCUT2D eigenvalue weighted by molar-refractivity contribution is -0.123. The molecule has 1 aliphatic heterocycles. The molecule has 1 heterocycles. The lowest BCUT2D eigenvalue weighted by Gasteiger charge is -2.11. The molecule has 2 rings (SSSR count). The van der Waals surface area contributed by atoms with E-state index in [2.05, 4.69) is 5.32 Å². The lowest BCUT2D eigenvalue weighted by atomic mass is 10.2. The minimum absolute atomic E-state index is 0.137. The number of amides is 1. The highest BCUT2D eigenvalue weighted by Gasteiger charge is 2.31. The van der Waals surface area contributed by atoms with Crippen molar-refractivity contribution >= 4 is 15.7 Å². The van der Waals surface area contributed by atoms with Crippen molar-refractivity contribution < 1.29 is 17.9 Å². The molecule has 0 saturated carbocycles. The second-order valence-corrected chi connectivity index (χ2v) is 7.26. The molecule has 0 bridgehead atoms. The van der Waals surface area contributed by atoms with Crippen LogP contribution in [0.4, 0.5) is 0 Å². The van der Waals surface area contributed by atoms with Crippen molar-refractivity contribution in [1.29, 1.82) is 5.26 Å². The van der Waals surface area contributed by atoms with Gasteiger partial charge >= 0.3 is 0 Å². The van der Waals surface area contributed by atoms with Crippen LogP contribution in [0.1, 0.15) is 18.4 Å². The summed E-state index contributed by atoms with van der Waals surface area (Å²) in [6.07, 6.45) is 1.25. The minimum atomic E-state index is -3.04. The Morgan fingerprint density at radius 1 is 1.38 bits per heavy atom. The van der Waals surface area contributed by atoms with Crippen LogP contribution in [0.3, 0.4) is 0 Å². The van der Waals surface area contributed by atoms with Gasteiger partial charge in [-0.15, -0.1) is 0 Å². The summed E-state index contributed by atoms with van der Waals surface area (Å²) < 4.78 is 28.5. The van der Waals surface area contributed by atoms with Crippen LogP contribution in [0, 0.1) is 11.3 Å². The van der Waals surface area contributed by atoms with Gasteiger partial charge in [0.25, 0.3) is 5.91 Å². The van der Waals surface area contributed by atoms with Gasteiger partial charge in [0.05, 0.1) is 22.6 Å². The van der Waals surface area contributed by atoms with Gasteiger partial charge < -0.3 is 10.1 Å². The predicted octanol–water partition coefficient (Wildman–Crippen LogP) is 0.630. The van der Waals surface area contributed by atoms with E-state index < -0.39 is 15.1 Å². The van der Waals surface area contributed by atoms with Gasteiger partial charge in [0.2, 0.25) is 0 Å². The Labute approximate surface area is 123 Å². The van der Waals surface area contributed by atoms with Crippen molar-refractivity contribution in [1.82, 2.24) is 5.32 Å². The van der Waals surface area contributed by atoms with Crippen molar-refractivity contribution in [2.45, 2.75) is 18.1 Å². The summed E-state index contributed by atoms with van der Waals surface area (Å²) in [6.45, 7) is -0.0451. The minimum Gasteiger partial charge on any atom is -0.484 e. The summed E-state index contributed by atoms with van der Waals surface area (Å²) in [7, 11) is -3.04. The quantitative estimate of drug-likeness (QED) is 0.860. The average molecular weight is 308 g/mol. The number of carbonyl (C=O) groups excluding carboxylic acids is 1. The van der Waals surface area contributed by atoms with Crippen molar-refractivity contribution in [2.75, 3.05) is 18.9 Å². The molecule has 1 N–H and O–H groups in total. The number of hydrogen-bond acceptors (Lipinski definition) is 5. The lowest BCUT2D eigenvalue weighted by Crippen LogP contribution is -2.37. The average Bonchev–Trinajstić information content (AvgIpc) is 2.82. The van der Waals surface area contributed by atoms with E-state index in [1.54, 1.807) is 24.3 Å².